The molecule has 0 aromatic rings. The Hall–Kier alpha value is -0.160. The summed E-state index contributed by atoms with van der Waals surface area (Å²) >= 11 is 0. The van der Waals surface area contributed by atoms with Crippen molar-refractivity contribution in [2.75, 3.05) is 19.8 Å². The molecule has 1 aliphatic heterocycles. The lowest BCUT2D eigenvalue weighted by Crippen LogP contribution is -2.38. The van der Waals surface area contributed by atoms with E-state index in [-0.39, 0.29) is 24.9 Å². The van der Waals surface area contributed by atoms with Crippen LogP contribution in [0.15, 0.2) is 0 Å². The summed E-state index contributed by atoms with van der Waals surface area (Å²) in [7, 11) is 0. The summed E-state index contributed by atoms with van der Waals surface area (Å²) in [6.07, 6.45) is 2.10. The van der Waals surface area contributed by atoms with E-state index in [0.717, 1.165) is 19.4 Å². The molecule has 0 aromatic heterocycles. The molecule has 0 aliphatic carbocycles. The molecule has 0 radical (unpaired) electrons. The Morgan fingerprint density at radius 1 is 1.69 bits per heavy atom. The fourth-order valence-corrected chi connectivity index (χ4v) is 1.38. The van der Waals surface area contributed by atoms with Crippen molar-refractivity contribution >= 4 is 0 Å². The molecule has 3 N–H and O–H groups in total. The number of hydrogen-bond acceptors (Lipinski definition) is 4. The summed E-state index contributed by atoms with van der Waals surface area (Å²) in [5.41, 5.74) is 5.61. The maximum absolute atomic E-state index is 8.92. The van der Waals surface area contributed by atoms with Gasteiger partial charge in [-0.3, -0.25) is 0 Å². The lowest BCUT2D eigenvalue weighted by atomic mass is 10.2. The van der Waals surface area contributed by atoms with Crippen LogP contribution in [0, 0.1) is 0 Å². The maximum Gasteiger partial charge on any atom is 0.0954 e. The van der Waals surface area contributed by atoms with Crippen LogP contribution in [0.25, 0.3) is 0 Å². The van der Waals surface area contributed by atoms with Crippen molar-refractivity contribution in [2.24, 2.45) is 5.73 Å². The molecule has 4 nitrogen and oxygen atoms in total. The van der Waals surface area contributed by atoms with Gasteiger partial charge in [0.05, 0.1) is 25.4 Å². The molecule has 0 saturated carbocycles. The van der Waals surface area contributed by atoms with Gasteiger partial charge in [0.1, 0.15) is 0 Å². The lowest BCUT2D eigenvalue weighted by molar-refractivity contribution is -0.0465. The molecule has 1 rings (SSSR count). The van der Waals surface area contributed by atoms with Crippen molar-refractivity contribution in [1.82, 2.24) is 0 Å². The second-order valence-corrected chi connectivity index (χ2v) is 3.55. The fraction of sp³-hybridized carbons (Fsp3) is 1.00. The molecule has 3 unspecified atom stereocenters. The Labute approximate surface area is 79.0 Å². The van der Waals surface area contributed by atoms with Gasteiger partial charge < -0.3 is 20.3 Å². The minimum absolute atomic E-state index is 0.0234. The highest BCUT2D eigenvalue weighted by atomic mass is 16.5. The SMILES string of the molecule is CC(N)C(CO)OCC1CCCO1. The first kappa shape index (κ1) is 10.9. The zero-order valence-electron chi connectivity index (χ0n) is 8.11. The normalized spacial score (nSPS) is 27.5. The van der Waals surface area contributed by atoms with Crippen LogP contribution in [0.5, 0.6) is 0 Å². The van der Waals surface area contributed by atoms with Crippen LogP contribution in [0.4, 0.5) is 0 Å². The van der Waals surface area contributed by atoms with E-state index in [1.54, 1.807) is 0 Å². The molecule has 13 heavy (non-hydrogen) atoms. The number of hydrogen-bond donors (Lipinski definition) is 2. The van der Waals surface area contributed by atoms with E-state index in [0.29, 0.717) is 6.61 Å². The average Bonchev–Trinajstić information content (AvgIpc) is 2.57. The van der Waals surface area contributed by atoms with Gasteiger partial charge in [0.2, 0.25) is 0 Å². The van der Waals surface area contributed by atoms with Gasteiger partial charge in [0.15, 0.2) is 0 Å². The van der Waals surface area contributed by atoms with Crippen molar-refractivity contribution in [3.05, 3.63) is 0 Å². The highest BCUT2D eigenvalue weighted by Gasteiger charge is 2.19. The van der Waals surface area contributed by atoms with Crippen LogP contribution in [0.1, 0.15) is 19.8 Å². The molecule has 0 spiro atoms. The number of aliphatic hydroxyl groups is 1. The molecule has 3 atom stereocenters. The van der Waals surface area contributed by atoms with Gasteiger partial charge in [-0.15, -0.1) is 0 Å². The summed E-state index contributed by atoms with van der Waals surface area (Å²) in [5.74, 6) is 0. The van der Waals surface area contributed by atoms with Gasteiger partial charge in [-0.05, 0) is 19.8 Å². The first-order valence-corrected chi connectivity index (χ1v) is 4.83. The second kappa shape index (κ2) is 5.54. The van der Waals surface area contributed by atoms with Gasteiger partial charge in [0, 0.05) is 12.6 Å². The quantitative estimate of drug-likeness (QED) is 0.633. The van der Waals surface area contributed by atoms with Gasteiger partial charge in [0.25, 0.3) is 0 Å². The van der Waals surface area contributed by atoms with Crippen LogP contribution in [0.3, 0.4) is 0 Å². The summed E-state index contributed by atoms with van der Waals surface area (Å²) in [5, 5.41) is 8.92. The third-order valence-corrected chi connectivity index (χ3v) is 2.29. The predicted octanol–water partition coefficient (Wildman–Crippen LogP) is -0.110. The number of rotatable bonds is 5. The maximum atomic E-state index is 8.92. The Kier molecular flexibility index (Phi) is 4.66. The second-order valence-electron chi connectivity index (χ2n) is 3.55. The first-order valence-electron chi connectivity index (χ1n) is 4.83. The number of nitrogens with two attached hydrogens (primary N) is 1. The Morgan fingerprint density at radius 2 is 2.46 bits per heavy atom. The average molecular weight is 189 g/mol. The van der Waals surface area contributed by atoms with Crippen LogP contribution in [-0.4, -0.2) is 43.2 Å². The third-order valence-electron chi connectivity index (χ3n) is 2.29. The summed E-state index contributed by atoms with van der Waals surface area (Å²) in [4.78, 5) is 0. The monoisotopic (exact) mass is 189 g/mol. The Bertz CT molecular complexity index is 135. The Balaban J connectivity index is 2.15. The van der Waals surface area contributed by atoms with E-state index in [4.69, 9.17) is 20.3 Å². The van der Waals surface area contributed by atoms with Gasteiger partial charge in [-0.1, -0.05) is 0 Å². The van der Waals surface area contributed by atoms with E-state index in [1.165, 1.54) is 0 Å². The number of ether oxygens (including phenoxy) is 2. The van der Waals surface area contributed by atoms with Crippen molar-refractivity contribution in [3.8, 4) is 0 Å². The van der Waals surface area contributed by atoms with Crippen molar-refractivity contribution in [3.63, 3.8) is 0 Å². The van der Waals surface area contributed by atoms with E-state index in [1.807, 2.05) is 6.92 Å². The van der Waals surface area contributed by atoms with E-state index >= 15 is 0 Å². The van der Waals surface area contributed by atoms with E-state index < -0.39 is 0 Å². The zero-order valence-corrected chi connectivity index (χ0v) is 8.11. The molecule has 0 amide bonds. The van der Waals surface area contributed by atoms with Crippen molar-refractivity contribution < 1.29 is 14.6 Å². The van der Waals surface area contributed by atoms with Crippen LogP contribution >= 0.6 is 0 Å². The predicted molar refractivity (Wildman–Crippen MR) is 49.4 cm³/mol. The minimum atomic E-state index is -0.260. The van der Waals surface area contributed by atoms with Gasteiger partial charge in [-0.25, -0.2) is 0 Å². The standard InChI is InChI=1S/C9H19NO3/c1-7(10)9(5-11)13-6-8-3-2-4-12-8/h7-9,11H,2-6,10H2,1H3. The summed E-state index contributed by atoms with van der Waals surface area (Å²) < 4.78 is 10.8. The summed E-state index contributed by atoms with van der Waals surface area (Å²) in [6, 6.07) is -0.133. The van der Waals surface area contributed by atoms with Crippen LogP contribution in [0.2, 0.25) is 0 Å². The van der Waals surface area contributed by atoms with Gasteiger partial charge in [-0.2, -0.15) is 0 Å². The third kappa shape index (κ3) is 3.60. The molecule has 1 fully saturated rings. The highest BCUT2D eigenvalue weighted by molar-refractivity contribution is 4.70. The molecular weight excluding hydrogens is 170 g/mol. The van der Waals surface area contributed by atoms with Gasteiger partial charge >= 0.3 is 0 Å². The summed E-state index contributed by atoms with van der Waals surface area (Å²) in [6.45, 7) is 3.18. The number of aliphatic hydroxyl groups excluding tert-OH is 1. The van der Waals surface area contributed by atoms with E-state index in [9.17, 15) is 0 Å². The molecular formula is C9H19NO3. The topological polar surface area (TPSA) is 64.7 Å². The molecule has 1 saturated heterocycles. The molecule has 0 bridgehead atoms. The fourth-order valence-electron chi connectivity index (χ4n) is 1.38. The zero-order chi connectivity index (χ0) is 9.68. The lowest BCUT2D eigenvalue weighted by Gasteiger charge is -2.20. The molecule has 1 heterocycles. The smallest absolute Gasteiger partial charge is 0.0954 e. The van der Waals surface area contributed by atoms with Crippen LogP contribution < -0.4 is 5.73 Å². The molecule has 0 aromatic carbocycles. The molecule has 1 aliphatic rings. The van der Waals surface area contributed by atoms with E-state index in [2.05, 4.69) is 0 Å². The minimum Gasteiger partial charge on any atom is -0.394 e. The largest absolute Gasteiger partial charge is 0.394 e. The molecule has 4 heteroatoms. The van der Waals surface area contributed by atoms with Crippen molar-refractivity contribution in [1.29, 1.82) is 0 Å². The first-order chi connectivity index (χ1) is 6.24. The van der Waals surface area contributed by atoms with Crippen molar-refractivity contribution in [2.45, 2.75) is 38.0 Å². The highest BCUT2D eigenvalue weighted by Crippen LogP contribution is 2.13. The Morgan fingerprint density at radius 3 is 2.92 bits per heavy atom. The van der Waals surface area contributed by atoms with Crippen LogP contribution in [-0.2, 0) is 9.47 Å². The molecule has 78 valence electrons.